The second kappa shape index (κ2) is 8.90. The van der Waals surface area contributed by atoms with E-state index in [1.807, 2.05) is 0 Å². The zero-order chi connectivity index (χ0) is 17.7. The predicted octanol–water partition coefficient (Wildman–Crippen LogP) is 6.36. The molecule has 0 aromatic rings. The second-order valence-corrected chi connectivity index (χ2v) is 9.36. The van der Waals surface area contributed by atoms with Crippen molar-refractivity contribution in [2.45, 2.75) is 90.9 Å². The minimum absolute atomic E-state index is 0.0232. The Morgan fingerprint density at radius 2 is 1.80 bits per heavy atom. The molecule has 0 bridgehead atoms. The Hall–Kier alpha value is -0.550. The van der Waals surface area contributed by atoms with Crippen molar-refractivity contribution in [1.82, 2.24) is 0 Å². The van der Waals surface area contributed by atoms with Gasteiger partial charge >= 0.3 is 0 Å². The first-order valence-corrected chi connectivity index (χ1v) is 11.2. The molecule has 25 heavy (non-hydrogen) atoms. The maximum atomic E-state index is 9.92. The van der Waals surface area contributed by atoms with Crippen LogP contribution in [0.3, 0.4) is 0 Å². The molecule has 3 aliphatic rings. The number of rotatable bonds is 7. The standard InChI is InChI=1S/C23H39NO/c1-3-5-6-12-23(17-24)13-11-22-20(15-23)9-8-19-14-18(16-25-4-2)7-10-21(19)22/h18-22H,3-16H2,1-2H3/t18-,19?,20?,21?,22?,23+/m1/s1. The van der Waals surface area contributed by atoms with Gasteiger partial charge in [0.25, 0.3) is 0 Å². The Labute approximate surface area is 155 Å². The third kappa shape index (κ3) is 4.41. The minimum Gasteiger partial charge on any atom is -0.381 e. The van der Waals surface area contributed by atoms with E-state index in [0.717, 1.165) is 49.2 Å². The fourth-order valence-corrected chi connectivity index (χ4v) is 6.56. The van der Waals surface area contributed by atoms with Gasteiger partial charge in [0.05, 0.1) is 11.5 Å². The highest BCUT2D eigenvalue weighted by Gasteiger charge is 2.48. The molecule has 0 saturated heterocycles. The monoisotopic (exact) mass is 345 g/mol. The normalized spacial score (nSPS) is 40.8. The third-order valence-corrected chi connectivity index (χ3v) is 7.88. The van der Waals surface area contributed by atoms with E-state index in [1.54, 1.807) is 0 Å². The second-order valence-electron chi connectivity index (χ2n) is 9.36. The average Bonchev–Trinajstić information content (AvgIpc) is 2.66. The van der Waals surface area contributed by atoms with Gasteiger partial charge in [0.2, 0.25) is 0 Å². The molecule has 3 fully saturated rings. The molecule has 3 saturated carbocycles. The lowest BCUT2D eigenvalue weighted by atomic mass is 9.52. The summed E-state index contributed by atoms with van der Waals surface area (Å²) >= 11 is 0. The fraction of sp³-hybridized carbons (Fsp3) is 0.957. The number of unbranched alkanes of at least 4 members (excludes halogenated alkanes) is 2. The lowest BCUT2D eigenvalue weighted by Crippen LogP contribution is -2.44. The number of fused-ring (bicyclic) bond motifs is 3. The van der Waals surface area contributed by atoms with Crippen LogP contribution in [0, 0.1) is 46.3 Å². The van der Waals surface area contributed by atoms with Crippen molar-refractivity contribution >= 4 is 0 Å². The van der Waals surface area contributed by atoms with Crippen molar-refractivity contribution in [2.24, 2.45) is 35.0 Å². The fourth-order valence-electron chi connectivity index (χ4n) is 6.56. The molecule has 142 valence electrons. The van der Waals surface area contributed by atoms with Gasteiger partial charge in [0.15, 0.2) is 0 Å². The van der Waals surface area contributed by atoms with E-state index < -0.39 is 0 Å². The number of hydrogen-bond donors (Lipinski definition) is 0. The summed E-state index contributed by atoms with van der Waals surface area (Å²) in [5.74, 6) is 4.51. The van der Waals surface area contributed by atoms with E-state index in [9.17, 15) is 5.26 Å². The lowest BCUT2D eigenvalue weighted by Gasteiger charge is -2.52. The smallest absolute Gasteiger partial charge is 0.0689 e. The van der Waals surface area contributed by atoms with Crippen LogP contribution < -0.4 is 0 Å². The Kier molecular flexibility index (Phi) is 6.84. The average molecular weight is 346 g/mol. The van der Waals surface area contributed by atoms with Crippen LogP contribution in [0.5, 0.6) is 0 Å². The molecule has 2 heteroatoms. The van der Waals surface area contributed by atoms with Gasteiger partial charge < -0.3 is 4.74 Å². The Bertz CT molecular complexity index is 455. The first-order chi connectivity index (χ1) is 12.2. The molecule has 0 spiro atoms. The lowest BCUT2D eigenvalue weighted by molar-refractivity contribution is -0.0288. The Morgan fingerprint density at radius 1 is 1.00 bits per heavy atom. The van der Waals surface area contributed by atoms with Crippen LogP contribution >= 0.6 is 0 Å². The molecule has 0 aliphatic heterocycles. The van der Waals surface area contributed by atoms with E-state index in [4.69, 9.17) is 4.74 Å². The van der Waals surface area contributed by atoms with E-state index in [-0.39, 0.29) is 5.41 Å². The van der Waals surface area contributed by atoms with Crippen molar-refractivity contribution in [3.05, 3.63) is 0 Å². The van der Waals surface area contributed by atoms with E-state index in [2.05, 4.69) is 19.9 Å². The predicted molar refractivity (Wildman–Crippen MR) is 103 cm³/mol. The van der Waals surface area contributed by atoms with Crippen LogP contribution in [0.1, 0.15) is 90.9 Å². The number of nitrogens with zero attached hydrogens (tertiary/aromatic N) is 1. The highest BCUT2D eigenvalue weighted by Crippen LogP contribution is 2.56. The zero-order valence-electron chi connectivity index (χ0n) is 16.6. The van der Waals surface area contributed by atoms with E-state index in [0.29, 0.717) is 0 Å². The molecule has 6 atom stereocenters. The van der Waals surface area contributed by atoms with Crippen molar-refractivity contribution in [1.29, 1.82) is 5.26 Å². The van der Waals surface area contributed by atoms with Crippen molar-refractivity contribution in [3.8, 4) is 6.07 Å². The number of hydrogen-bond acceptors (Lipinski definition) is 2. The molecule has 3 aliphatic carbocycles. The molecule has 4 unspecified atom stereocenters. The van der Waals surface area contributed by atoms with Crippen LogP contribution in [0.2, 0.25) is 0 Å². The van der Waals surface area contributed by atoms with Crippen molar-refractivity contribution < 1.29 is 4.74 Å². The highest BCUT2D eigenvalue weighted by molar-refractivity contribution is 5.06. The summed E-state index contributed by atoms with van der Waals surface area (Å²) in [5, 5.41) is 9.92. The summed E-state index contributed by atoms with van der Waals surface area (Å²) in [5.41, 5.74) is 0.0232. The Morgan fingerprint density at radius 3 is 2.56 bits per heavy atom. The summed E-state index contributed by atoms with van der Waals surface area (Å²) in [6, 6.07) is 2.80. The number of nitriles is 1. The van der Waals surface area contributed by atoms with Crippen LogP contribution in [-0.2, 0) is 4.74 Å². The molecule has 2 nitrogen and oxygen atoms in total. The molecule has 0 heterocycles. The first-order valence-electron chi connectivity index (χ1n) is 11.2. The third-order valence-electron chi connectivity index (χ3n) is 7.88. The molecule has 0 N–H and O–H groups in total. The topological polar surface area (TPSA) is 33.0 Å². The quantitative estimate of drug-likeness (QED) is 0.503. The molecule has 0 aromatic carbocycles. The van der Waals surface area contributed by atoms with Crippen LogP contribution in [0.25, 0.3) is 0 Å². The van der Waals surface area contributed by atoms with Crippen LogP contribution in [-0.4, -0.2) is 13.2 Å². The summed E-state index contributed by atoms with van der Waals surface area (Å²) in [6.45, 7) is 6.23. The van der Waals surface area contributed by atoms with Gasteiger partial charge in [-0.2, -0.15) is 5.26 Å². The van der Waals surface area contributed by atoms with Gasteiger partial charge in [-0.15, -0.1) is 0 Å². The largest absolute Gasteiger partial charge is 0.381 e. The van der Waals surface area contributed by atoms with Gasteiger partial charge in [-0.25, -0.2) is 0 Å². The summed E-state index contributed by atoms with van der Waals surface area (Å²) in [4.78, 5) is 0. The maximum Gasteiger partial charge on any atom is 0.0689 e. The maximum absolute atomic E-state index is 9.92. The van der Waals surface area contributed by atoms with Crippen LogP contribution in [0.15, 0.2) is 0 Å². The van der Waals surface area contributed by atoms with E-state index in [1.165, 1.54) is 70.6 Å². The van der Waals surface area contributed by atoms with Gasteiger partial charge in [-0.3, -0.25) is 0 Å². The molecule has 3 rings (SSSR count). The van der Waals surface area contributed by atoms with Gasteiger partial charge in [0.1, 0.15) is 0 Å². The van der Waals surface area contributed by atoms with Crippen molar-refractivity contribution in [3.63, 3.8) is 0 Å². The van der Waals surface area contributed by atoms with E-state index >= 15 is 0 Å². The first kappa shape index (κ1) is 19.2. The Balaban J connectivity index is 1.57. The molecular formula is C23H39NO. The summed E-state index contributed by atoms with van der Waals surface area (Å²) < 4.78 is 5.71. The van der Waals surface area contributed by atoms with Gasteiger partial charge in [0, 0.05) is 13.2 Å². The minimum atomic E-state index is 0.0232. The SMILES string of the molecule is CCCCC[C@]1(C#N)CCC2C(CCC3C[C@H](COCC)CCC32)C1. The molecule has 0 aromatic heterocycles. The van der Waals surface area contributed by atoms with Crippen molar-refractivity contribution in [2.75, 3.05) is 13.2 Å². The highest BCUT2D eigenvalue weighted by atomic mass is 16.5. The number of ether oxygens (including phenoxy) is 1. The summed E-state index contributed by atoms with van der Waals surface area (Å²) in [7, 11) is 0. The van der Waals surface area contributed by atoms with Gasteiger partial charge in [-0.05, 0) is 94.3 Å². The zero-order valence-corrected chi connectivity index (χ0v) is 16.6. The molecular weight excluding hydrogens is 306 g/mol. The van der Waals surface area contributed by atoms with Gasteiger partial charge in [-0.1, -0.05) is 26.2 Å². The van der Waals surface area contributed by atoms with Crippen LogP contribution in [0.4, 0.5) is 0 Å². The molecule has 0 radical (unpaired) electrons. The summed E-state index contributed by atoms with van der Waals surface area (Å²) in [6.07, 6.45) is 15.7. The molecule has 0 amide bonds.